The molecule has 28 heavy (non-hydrogen) atoms. The third-order valence-corrected chi connectivity index (χ3v) is 5.89. The number of carbonyl (C=O) groups is 1. The maximum Gasteiger partial charge on any atom is 0.225 e. The van der Waals surface area contributed by atoms with Gasteiger partial charge in [0.1, 0.15) is 0 Å². The Balaban J connectivity index is 1.79. The highest BCUT2D eigenvalue weighted by molar-refractivity contribution is 5.80. The number of amides is 1. The number of guanidine groups is 1. The second-order valence-electron chi connectivity index (χ2n) is 8.03. The smallest absolute Gasteiger partial charge is 0.225 e. The topological polar surface area (TPSA) is 56.7 Å². The van der Waals surface area contributed by atoms with Crippen LogP contribution in [0.1, 0.15) is 63.5 Å². The van der Waals surface area contributed by atoms with Gasteiger partial charge < -0.3 is 15.5 Å². The standard InChI is InChI=1S/C23H38N4O/c1-6-19(7-2)22(28)27-13-11-21(12-14-27)26-23(24-5)25-16-18(4)20-10-8-9-17(3)15-20/h8-10,15,18-19,21H,6-7,11-14,16H2,1-5H3,(H2,24,25,26). The summed E-state index contributed by atoms with van der Waals surface area (Å²) >= 11 is 0. The maximum atomic E-state index is 12.6. The van der Waals surface area contributed by atoms with Crippen molar-refractivity contribution in [3.63, 3.8) is 0 Å². The van der Waals surface area contributed by atoms with Crippen LogP contribution in [-0.2, 0) is 4.79 Å². The molecule has 1 aromatic rings. The maximum absolute atomic E-state index is 12.6. The summed E-state index contributed by atoms with van der Waals surface area (Å²) in [5, 5.41) is 7.00. The lowest BCUT2D eigenvalue weighted by atomic mass is 9.98. The summed E-state index contributed by atoms with van der Waals surface area (Å²) < 4.78 is 0. The quantitative estimate of drug-likeness (QED) is 0.555. The van der Waals surface area contributed by atoms with E-state index in [1.165, 1.54) is 11.1 Å². The molecule has 5 nitrogen and oxygen atoms in total. The van der Waals surface area contributed by atoms with Gasteiger partial charge in [-0.25, -0.2) is 0 Å². The van der Waals surface area contributed by atoms with Crippen molar-refractivity contribution in [1.82, 2.24) is 15.5 Å². The van der Waals surface area contributed by atoms with E-state index >= 15 is 0 Å². The number of piperidine rings is 1. The fourth-order valence-corrected chi connectivity index (χ4v) is 3.87. The molecule has 0 saturated carbocycles. The lowest BCUT2D eigenvalue weighted by molar-refractivity contribution is -0.136. The molecule has 1 atom stereocenters. The van der Waals surface area contributed by atoms with Gasteiger partial charge in [0.05, 0.1) is 0 Å². The zero-order chi connectivity index (χ0) is 20.5. The second-order valence-corrected chi connectivity index (χ2v) is 8.03. The van der Waals surface area contributed by atoms with Crippen LogP contribution >= 0.6 is 0 Å². The Kier molecular flexibility index (Phi) is 8.81. The van der Waals surface area contributed by atoms with Crippen molar-refractivity contribution >= 4 is 11.9 Å². The summed E-state index contributed by atoms with van der Waals surface area (Å²) in [7, 11) is 1.82. The number of hydrogen-bond donors (Lipinski definition) is 2. The van der Waals surface area contributed by atoms with E-state index in [2.05, 4.69) is 67.6 Å². The Labute approximate surface area is 171 Å². The third kappa shape index (κ3) is 6.25. The van der Waals surface area contributed by atoms with Crippen molar-refractivity contribution in [2.75, 3.05) is 26.7 Å². The van der Waals surface area contributed by atoms with Gasteiger partial charge in [0.25, 0.3) is 0 Å². The van der Waals surface area contributed by atoms with E-state index in [1.807, 2.05) is 11.9 Å². The second kappa shape index (κ2) is 11.1. The molecule has 2 rings (SSSR count). The van der Waals surface area contributed by atoms with Crippen LogP contribution in [0.5, 0.6) is 0 Å². The highest BCUT2D eigenvalue weighted by Crippen LogP contribution is 2.18. The van der Waals surface area contributed by atoms with E-state index in [1.54, 1.807) is 0 Å². The van der Waals surface area contributed by atoms with Crippen LogP contribution in [0.15, 0.2) is 29.3 Å². The summed E-state index contributed by atoms with van der Waals surface area (Å²) in [6.07, 6.45) is 3.81. The van der Waals surface area contributed by atoms with Crippen molar-refractivity contribution in [2.24, 2.45) is 10.9 Å². The Morgan fingerprint density at radius 1 is 1.25 bits per heavy atom. The molecule has 0 radical (unpaired) electrons. The van der Waals surface area contributed by atoms with Gasteiger partial charge in [-0.15, -0.1) is 0 Å². The van der Waals surface area contributed by atoms with Gasteiger partial charge in [0.2, 0.25) is 5.91 Å². The minimum atomic E-state index is 0.182. The SMILES string of the molecule is CCC(CC)C(=O)N1CCC(NC(=NC)NCC(C)c2cccc(C)c2)CC1. The molecule has 0 aromatic heterocycles. The lowest BCUT2D eigenvalue weighted by Gasteiger charge is -2.35. The first kappa shape index (κ1) is 22.3. The van der Waals surface area contributed by atoms with E-state index in [4.69, 9.17) is 0 Å². The van der Waals surface area contributed by atoms with E-state index in [0.29, 0.717) is 17.9 Å². The summed E-state index contributed by atoms with van der Waals surface area (Å²) in [6.45, 7) is 11.1. The summed E-state index contributed by atoms with van der Waals surface area (Å²) in [4.78, 5) is 19.0. The first-order chi connectivity index (χ1) is 13.5. The molecule has 156 valence electrons. The molecule has 2 N–H and O–H groups in total. The summed E-state index contributed by atoms with van der Waals surface area (Å²) in [6, 6.07) is 9.04. The van der Waals surface area contributed by atoms with Crippen LogP contribution in [-0.4, -0.2) is 49.5 Å². The lowest BCUT2D eigenvalue weighted by Crippen LogP contribution is -2.51. The average molecular weight is 387 g/mol. The van der Waals surface area contributed by atoms with Crippen LogP contribution in [0.3, 0.4) is 0 Å². The normalized spacial score (nSPS) is 16.9. The Morgan fingerprint density at radius 3 is 2.50 bits per heavy atom. The van der Waals surface area contributed by atoms with Crippen LogP contribution in [0, 0.1) is 12.8 Å². The highest BCUT2D eigenvalue weighted by Gasteiger charge is 2.26. The van der Waals surface area contributed by atoms with Gasteiger partial charge >= 0.3 is 0 Å². The molecule has 0 spiro atoms. The summed E-state index contributed by atoms with van der Waals surface area (Å²) in [5.41, 5.74) is 2.64. The molecule has 1 aliphatic heterocycles. The molecule has 1 heterocycles. The number of hydrogen-bond acceptors (Lipinski definition) is 2. The van der Waals surface area contributed by atoms with Gasteiger partial charge in [-0.05, 0) is 44.1 Å². The van der Waals surface area contributed by atoms with Crippen LogP contribution in [0.2, 0.25) is 0 Å². The van der Waals surface area contributed by atoms with Crippen LogP contribution in [0.4, 0.5) is 0 Å². The number of nitrogens with zero attached hydrogens (tertiary/aromatic N) is 2. The van der Waals surface area contributed by atoms with Gasteiger partial charge in [-0.3, -0.25) is 9.79 Å². The van der Waals surface area contributed by atoms with Crippen molar-refractivity contribution in [3.8, 4) is 0 Å². The monoisotopic (exact) mass is 386 g/mol. The van der Waals surface area contributed by atoms with Gasteiger partial charge in [-0.2, -0.15) is 0 Å². The number of nitrogens with one attached hydrogen (secondary N) is 2. The highest BCUT2D eigenvalue weighted by atomic mass is 16.2. The number of likely N-dealkylation sites (tertiary alicyclic amines) is 1. The number of carbonyl (C=O) groups excluding carboxylic acids is 1. The average Bonchev–Trinajstić information content (AvgIpc) is 2.72. The van der Waals surface area contributed by atoms with Crippen molar-refractivity contribution in [1.29, 1.82) is 0 Å². The molecule has 1 saturated heterocycles. The minimum Gasteiger partial charge on any atom is -0.356 e. The Bertz CT molecular complexity index is 646. The van der Waals surface area contributed by atoms with Gasteiger partial charge in [-0.1, -0.05) is 50.6 Å². The molecule has 1 fully saturated rings. The van der Waals surface area contributed by atoms with Gasteiger partial charge in [0.15, 0.2) is 5.96 Å². The molecule has 0 bridgehead atoms. The van der Waals surface area contributed by atoms with E-state index in [9.17, 15) is 4.79 Å². The van der Waals surface area contributed by atoms with Crippen LogP contribution < -0.4 is 10.6 Å². The predicted octanol–water partition coefficient (Wildman–Crippen LogP) is 3.69. The number of rotatable bonds is 7. The third-order valence-electron chi connectivity index (χ3n) is 5.89. The molecule has 1 amide bonds. The predicted molar refractivity (Wildman–Crippen MR) is 118 cm³/mol. The van der Waals surface area contributed by atoms with E-state index < -0.39 is 0 Å². The zero-order valence-corrected chi connectivity index (χ0v) is 18.3. The molecule has 0 aliphatic carbocycles. The van der Waals surface area contributed by atoms with E-state index in [0.717, 1.165) is 51.3 Å². The first-order valence-corrected chi connectivity index (χ1v) is 10.8. The molecule has 1 aliphatic rings. The Morgan fingerprint density at radius 2 is 1.93 bits per heavy atom. The van der Waals surface area contributed by atoms with Crippen molar-refractivity contribution in [3.05, 3.63) is 35.4 Å². The molecular formula is C23H38N4O. The Hall–Kier alpha value is -2.04. The van der Waals surface area contributed by atoms with Crippen molar-refractivity contribution in [2.45, 2.75) is 65.3 Å². The molecule has 5 heteroatoms. The number of aliphatic imine (C=N–C) groups is 1. The van der Waals surface area contributed by atoms with Crippen molar-refractivity contribution < 1.29 is 4.79 Å². The van der Waals surface area contributed by atoms with Gasteiger partial charge in [0, 0.05) is 38.6 Å². The molecule has 1 unspecified atom stereocenters. The number of aryl methyl sites for hydroxylation is 1. The van der Waals surface area contributed by atoms with Crippen LogP contribution in [0.25, 0.3) is 0 Å². The first-order valence-electron chi connectivity index (χ1n) is 10.8. The van der Waals surface area contributed by atoms with E-state index in [-0.39, 0.29) is 5.92 Å². The number of benzene rings is 1. The fourth-order valence-electron chi connectivity index (χ4n) is 3.87. The summed E-state index contributed by atoms with van der Waals surface area (Å²) in [5.74, 6) is 1.78. The largest absolute Gasteiger partial charge is 0.356 e. The molecular weight excluding hydrogens is 348 g/mol. The zero-order valence-electron chi connectivity index (χ0n) is 18.3. The fraction of sp³-hybridized carbons (Fsp3) is 0.652. The minimum absolute atomic E-state index is 0.182. The molecule has 1 aromatic carbocycles.